The predicted octanol–water partition coefficient (Wildman–Crippen LogP) is 4.07. The lowest BCUT2D eigenvalue weighted by Crippen LogP contribution is -2.45. The highest BCUT2D eigenvalue weighted by Crippen LogP contribution is 2.44. The molecule has 1 fully saturated rings. The highest BCUT2D eigenvalue weighted by Gasteiger charge is 2.53. The normalized spacial score (nSPS) is 40.6. The number of nitrogens with zero attached hydrogens (tertiary/aromatic N) is 1. The molecule has 3 rings (SSSR count). The quantitative estimate of drug-likeness (QED) is 0.270. The number of hydrogen-bond donors (Lipinski definition) is 2. The van der Waals surface area contributed by atoms with Crippen molar-refractivity contribution < 1.29 is 29.3 Å². The van der Waals surface area contributed by atoms with Crippen LogP contribution in [0.4, 0.5) is 0 Å². The monoisotopic (exact) mass is 504 g/mol. The Kier molecular flexibility index (Phi) is 8.31. The van der Waals surface area contributed by atoms with Crippen molar-refractivity contribution in [3.8, 4) is 0 Å². The van der Waals surface area contributed by atoms with Crippen LogP contribution in [0, 0.1) is 31.1 Å². The van der Waals surface area contributed by atoms with Crippen molar-refractivity contribution >= 4 is 29.2 Å². The van der Waals surface area contributed by atoms with Crippen molar-refractivity contribution in [3.63, 3.8) is 0 Å². The summed E-state index contributed by atoms with van der Waals surface area (Å²) in [7, 11) is 0. The number of esters is 1. The van der Waals surface area contributed by atoms with Crippen molar-refractivity contribution in [2.45, 2.75) is 90.8 Å². The van der Waals surface area contributed by atoms with Crippen LogP contribution in [-0.2, 0) is 19.1 Å². The van der Waals surface area contributed by atoms with E-state index < -0.39 is 47.0 Å². The fraction of sp³-hybridized carbons (Fsp3) is 0.630. The first-order valence-electron chi connectivity index (χ1n) is 12.1. The summed E-state index contributed by atoms with van der Waals surface area (Å²) in [6.45, 7) is 14.7. The Morgan fingerprint density at radius 2 is 1.97 bits per heavy atom. The topological polar surface area (TPSA) is 109 Å². The minimum Gasteiger partial charge on any atom is -0.458 e. The Morgan fingerprint density at radius 1 is 1.29 bits per heavy atom. The van der Waals surface area contributed by atoms with Gasteiger partial charge in [0.05, 0.1) is 41.9 Å². The Hall–Kier alpha value is -2.00. The molecule has 2 aliphatic rings. The summed E-state index contributed by atoms with van der Waals surface area (Å²) in [5.41, 5.74) is -0.247. The van der Waals surface area contributed by atoms with Crippen LogP contribution in [-0.4, -0.2) is 57.0 Å². The van der Waals surface area contributed by atoms with Gasteiger partial charge in [-0.25, -0.2) is 4.98 Å². The third-order valence-electron chi connectivity index (χ3n) is 7.34. The molecule has 192 valence electrons. The molecule has 2 N–H and O–H groups in total. The van der Waals surface area contributed by atoms with Crippen LogP contribution >= 0.6 is 11.3 Å². The maximum Gasteiger partial charge on any atom is 0.309 e. The van der Waals surface area contributed by atoms with Crippen molar-refractivity contribution in [2.24, 2.45) is 17.3 Å². The molecular weight excluding hydrogens is 466 g/mol. The third-order valence-corrected chi connectivity index (χ3v) is 8.13. The van der Waals surface area contributed by atoms with Gasteiger partial charge in [-0.05, 0) is 45.8 Å². The van der Waals surface area contributed by atoms with E-state index in [4.69, 9.17) is 9.47 Å². The van der Waals surface area contributed by atoms with Gasteiger partial charge < -0.3 is 19.7 Å². The highest BCUT2D eigenvalue weighted by molar-refractivity contribution is 7.09. The van der Waals surface area contributed by atoms with Crippen LogP contribution in [0.1, 0.15) is 64.6 Å². The van der Waals surface area contributed by atoms with Crippen LogP contribution in [0.25, 0.3) is 6.08 Å². The van der Waals surface area contributed by atoms with Crippen LogP contribution in [0.2, 0.25) is 0 Å². The van der Waals surface area contributed by atoms with Crippen molar-refractivity contribution in [1.82, 2.24) is 4.98 Å². The van der Waals surface area contributed by atoms with Gasteiger partial charge in [-0.1, -0.05) is 26.0 Å². The first-order chi connectivity index (χ1) is 16.2. The lowest BCUT2D eigenvalue weighted by atomic mass is 9.73. The van der Waals surface area contributed by atoms with E-state index in [0.717, 1.165) is 16.3 Å². The zero-order valence-corrected chi connectivity index (χ0v) is 22.3. The molecule has 0 spiro atoms. The van der Waals surface area contributed by atoms with E-state index in [-0.39, 0.29) is 18.4 Å². The maximum absolute atomic E-state index is 13.1. The number of aliphatic hydroxyl groups excluding tert-OH is 2. The van der Waals surface area contributed by atoms with Gasteiger partial charge in [0.2, 0.25) is 0 Å². The number of fused-ring (bicyclic) bond motifs is 1. The summed E-state index contributed by atoms with van der Waals surface area (Å²) in [5.74, 6) is -2.07. The SMILES string of the molecule is [CH2+]C1(C)C(=O)[C@H](C)[C@@H](O)[C@@H](C)/C=C/C[C@@]2(C)O[C@H]2C[C@@H](/C(C)=C/c2csc(C)n2)OC(=O)C[C@@H]1O. The molecule has 0 radical (unpaired) electrons. The summed E-state index contributed by atoms with van der Waals surface area (Å²) >= 11 is 1.54. The highest BCUT2D eigenvalue weighted by atomic mass is 32.1. The van der Waals surface area contributed by atoms with Gasteiger partial charge in [0.25, 0.3) is 0 Å². The number of epoxide rings is 1. The number of ether oxygens (including phenoxy) is 2. The second-order valence-electron chi connectivity index (χ2n) is 10.6. The van der Waals surface area contributed by atoms with E-state index in [2.05, 4.69) is 11.9 Å². The molecule has 2 aliphatic heterocycles. The molecule has 0 bridgehead atoms. The Balaban J connectivity index is 1.89. The van der Waals surface area contributed by atoms with Crippen LogP contribution < -0.4 is 0 Å². The molecule has 0 aliphatic carbocycles. The number of ketones is 1. The smallest absolute Gasteiger partial charge is 0.309 e. The number of Topliss-reactive ketones (excluding diaryl/α,β-unsaturated/α-hetero) is 1. The summed E-state index contributed by atoms with van der Waals surface area (Å²) in [6.07, 6.45) is 3.51. The molecule has 1 aromatic rings. The molecule has 0 amide bonds. The molecule has 0 aromatic carbocycles. The molecule has 3 heterocycles. The molecule has 8 heteroatoms. The lowest BCUT2D eigenvalue weighted by molar-refractivity contribution is -0.153. The average Bonchev–Trinajstić information content (AvgIpc) is 3.22. The largest absolute Gasteiger partial charge is 0.458 e. The Labute approximate surface area is 212 Å². The zero-order chi connectivity index (χ0) is 26.1. The van der Waals surface area contributed by atoms with Gasteiger partial charge in [-0.3, -0.25) is 9.59 Å². The minimum atomic E-state index is -1.48. The number of rotatable bonds is 2. The van der Waals surface area contributed by atoms with Gasteiger partial charge in [-0.2, -0.15) is 0 Å². The molecular formula is C27H38NO6S+. The van der Waals surface area contributed by atoms with Gasteiger partial charge in [0.15, 0.2) is 11.2 Å². The van der Waals surface area contributed by atoms with Gasteiger partial charge in [0.1, 0.15) is 12.2 Å². The predicted molar refractivity (Wildman–Crippen MR) is 135 cm³/mol. The number of carbonyl (C=O) groups is 2. The van der Waals surface area contributed by atoms with Gasteiger partial charge in [0, 0.05) is 23.6 Å². The molecule has 1 saturated heterocycles. The second-order valence-corrected chi connectivity index (χ2v) is 11.6. The van der Waals surface area contributed by atoms with Crippen LogP contribution in [0.3, 0.4) is 0 Å². The molecule has 35 heavy (non-hydrogen) atoms. The number of cyclic esters (lactones) is 1. The van der Waals surface area contributed by atoms with Crippen LogP contribution in [0.15, 0.2) is 23.1 Å². The first-order valence-corrected chi connectivity index (χ1v) is 13.0. The summed E-state index contributed by atoms with van der Waals surface area (Å²) < 4.78 is 11.8. The number of aromatic nitrogens is 1. The molecule has 8 atom stereocenters. The van der Waals surface area contributed by atoms with E-state index in [1.54, 1.807) is 18.3 Å². The third kappa shape index (κ3) is 6.42. The van der Waals surface area contributed by atoms with Crippen molar-refractivity contribution in [1.29, 1.82) is 0 Å². The summed E-state index contributed by atoms with van der Waals surface area (Å²) in [4.78, 5) is 30.5. The van der Waals surface area contributed by atoms with E-state index in [0.29, 0.717) is 12.8 Å². The van der Waals surface area contributed by atoms with E-state index in [1.165, 1.54) is 6.92 Å². The maximum atomic E-state index is 13.1. The summed E-state index contributed by atoms with van der Waals surface area (Å²) in [6, 6.07) is 0. The fourth-order valence-corrected chi connectivity index (χ4v) is 5.15. The van der Waals surface area contributed by atoms with Crippen LogP contribution in [0.5, 0.6) is 0 Å². The number of carbonyl (C=O) groups excluding carboxylic acids is 2. The van der Waals surface area contributed by atoms with Crippen molar-refractivity contribution in [3.05, 3.63) is 40.7 Å². The number of aryl methyl sites for hydroxylation is 1. The van der Waals surface area contributed by atoms with Gasteiger partial charge >= 0.3 is 5.97 Å². The Morgan fingerprint density at radius 3 is 2.60 bits per heavy atom. The number of thiazole rings is 1. The second kappa shape index (κ2) is 10.5. The number of aliphatic hydroxyl groups is 2. The van der Waals surface area contributed by atoms with E-state index >= 15 is 0 Å². The molecule has 0 saturated carbocycles. The van der Waals surface area contributed by atoms with E-state index in [9.17, 15) is 19.8 Å². The number of hydrogen-bond acceptors (Lipinski definition) is 8. The molecule has 1 unspecified atom stereocenters. The standard InChI is InChI=1S/C27H38NO6S/c1-15-9-8-10-27(7)22(34-27)12-20(16(2)11-19-14-35-18(4)28-19)33-23(30)13-21(29)26(5,6)25(32)17(3)24(15)31/h8-9,11,14-15,17,20-22,24,29,31H,5,10,12-13H2,1-4,6-7H3/q+1/b9-8+,16-11+/t15-,17+,20-,21-,22-,24-,26?,27+/m0/s1. The minimum absolute atomic E-state index is 0.109. The molecule has 7 nitrogen and oxygen atoms in total. The molecule has 1 aromatic heterocycles. The first kappa shape index (κ1) is 27.6. The zero-order valence-electron chi connectivity index (χ0n) is 21.5. The van der Waals surface area contributed by atoms with Crippen molar-refractivity contribution in [2.75, 3.05) is 0 Å². The van der Waals surface area contributed by atoms with E-state index in [1.807, 2.05) is 51.3 Å². The fourth-order valence-electron chi connectivity index (χ4n) is 4.58. The summed E-state index contributed by atoms with van der Waals surface area (Å²) in [5, 5.41) is 24.4. The Bertz CT molecular complexity index is 998. The average molecular weight is 505 g/mol. The van der Waals surface area contributed by atoms with Gasteiger partial charge in [-0.15, -0.1) is 11.3 Å². The lowest BCUT2D eigenvalue weighted by Gasteiger charge is -2.29.